The van der Waals surface area contributed by atoms with Crippen molar-refractivity contribution in [2.75, 3.05) is 18.5 Å². The van der Waals surface area contributed by atoms with Crippen molar-refractivity contribution >= 4 is 11.4 Å². The third kappa shape index (κ3) is 2.81. The number of hydrogen-bond acceptors (Lipinski definition) is 3. The lowest BCUT2D eigenvalue weighted by Crippen LogP contribution is -2.07. The molecule has 0 atom stereocenters. The lowest BCUT2D eigenvalue weighted by Gasteiger charge is -1.98. The van der Waals surface area contributed by atoms with Crippen LogP contribution in [0.1, 0.15) is 13.8 Å². The van der Waals surface area contributed by atoms with Crippen LogP contribution in [0.2, 0.25) is 0 Å². The van der Waals surface area contributed by atoms with E-state index < -0.39 is 0 Å². The maximum Gasteiger partial charge on any atom is 0.165 e. The third-order valence-corrected chi connectivity index (χ3v) is 2.02. The van der Waals surface area contributed by atoms with Crippen LogP contribution in [0.5, 0.6) is 0 Å². The molecule has 0 radical (unpaired) electrons. The molecule has 0 amide bonds. The highest BCUT2D eigenvalue weighted by atomic mass is 15.3. The van der Waals surface area contributed by atoms with Gasteiger partial charge in [0, 0.05) is 5.69 Å². The molecule has 4 nitrogen and oxygen atoms in total. The normalized spacial score (nSPS) is 9.64. The van der Waals surface area contributed by atoms with E-state index in [1.165, 1.54) is 0 Å². The van der Waals surface area contributed by atoms with Gasteiger partial charge in [0.05, 0.1) is 0 Å². The van der Waals surface area contributed by atoms with E-state index in [1.54, 1.807) is 0 Å². The average Bonchev–Trinajstić information content (AvgIpc) is 2.26. The van der Waals surface area contributed by atoms with E-state index in [-0.39, 0.29) is 0 Å². The average molecular weight is 193 g/mol. The van der Waals surface area contributed by atoms with E-state index in [9.17, 15) is 0 Å². The number of nitrogens with two attached hydrogens (primary N) is 1. The molecule has 0 saturated carbocycles. The van der Waals surface area contributed by atoms with Crippen LogP contribution in [0.4, 0.5) is 11.4 Å². The van der Waals surface area contributed by atoms with Crippen LogP contribution >= 0.6 is 0 Å². The molecule has 0 heterocycles. The molecule has 76 valence electrons. The van der Waals surface area contributed by atoms with E-state index in [1.807, 2.05) is 29.0 Å². The van der Waals surface area contributed by atoms with E-state index >= 15 is 0 Å². The maximum absolute atomic E-state index is 5.26. The van der Waals surface area contributed by atoms with Crippen molar-refractivity contribution in [1.29, 1.82) is 0 Å². The van der Waals surface area contributed by atoms with E-state index in [0.29, 0.717) is 0 Å². The van der Waals surface area contributed by atoms with Crippen molar-refractivity contribution < 1.29 is 4.70 Å². The van der Waals surface area contributed by atoms with Crippen LogP contribution in [0.15, 0.2) is 29.4 Å². The fourth-order valence-corrected chi connectivity index (χ4v) is 1.15. The maximum atomic E-state index is 5.26. The summed E-state index contributed by atoms with van der Waals surface area (Å²) >= 11 is 0. The predicted molar refractivity (Wildman–Crippen MR) is 57.7 cm³/mol. The van der Waals surface area contributed by atoms with Crippen LogP contribution in [0.3, 0.4) is 0 Å². The number of nitrogens with one attached hydrogen (secondary N) is 1. The molecule has 1 aromatic rings. The molecule has 0 spiro atoms. The molecule has 0 aliphatic carbocycles. The summed E-state index contributed by atoms with van der Waals surface area (Å²) in [7, 11) is 0. The predicted octanol–water partition coefficient (Wildman–Crippen LogP) is 2.11. The highest BCUT2D eigenvalue weighted by molar-refractivity contribution is 5.49. The summed E-state index contributed by atoms with van der Waals surface area (Å²) < 4.78 is 2.00. The first-order chi connectivity index (χ1) is 6.80. The Hall–Kier alpha value is -1.42. The number of hydrazine groups is 1. The smallest absolute Gasteiger partial charge is 0.165 e. The summed E-state index contributed by atoms with van der Waals surface area (Å²) in [6, 6.07) is 7.69. The minimum Gasteiger partial charge on any atom is -0.324 e. The van der Waals surface area contributed by atoms with E-state index in [0.717, 1.165) is 24.5 Å². The van der Waals surface area contributed by atoms with Gasteiger partial charge in [-0.3, -0.25) is 5.84 Å². The van der Waals surface area contributed by atoms with Gasteiger partial charge in [-0.25, -0.2) is 0 Å². The molecule has 1 rings (SSSR count). The van der Waals surface area contributed by atoms with Crippen molar-refractivity contribution in [1.82, 2.24) is 0 Å². The molecule has 14 heavy (non-hydrogen) atoms. The Morgan fingerprint density at radius 1 is 1.21 bits per heavy atom. The van der Waals surface area contributed by atoms with Gasteiger partial charge >= 0.3 is 0 Å². The van der Waals surface area contributed by atoms with E-state index in [4.69, 9.17) is 5.84 Å². The molecular formula is C10H17N4+. The van der Waals surface area contributed by atoms with Crippen molar-refractivity contribution in [2.24, 2.45) is 11.0 Å². The first-order valence-corrected chi connectivity index (χ1v) is 4.83. The van der Waals surface area contributed by atoms with E-state index in [2.05, 4.69) is 24.4 Å². The van der Waals surface area contributed by atoms with Crippen LogP contribution in [-0.2, 0) is 0 Å². The molecule has 3 N–H and O–H groups in total. The number of rotatable bonds is 4. The molecule has 0 aliphatic rings. The van der Waals surface area contributed by atoms with Gasteiger partial charge in [0.25, 0.3) is 0 Å². The monoisotopic (exact) mass is 193 g/mol. The van der Waals surface area contributed by atoms with Crippen molar-refractivity contribution in [3.05, 3.63) is 24.3 Å². The zero-order valence-corrected chi connectivity index (χ0v) is 8.70. The molecule has 1 aromatic carbocycles. The van der Waals surface area contributed by atoms with Gasteiger partial charge in [-0.15, -0.1) is 4.70 Å². The van der Waals surface area contributed by atoms with Crippen LogP contribution in [0.25, 0.3) is 0 Å². The van der Waals surface area contributed by atoms with Gasteiger partial charge in [0.15, 0.2) is 13.1 Å². The molecule has 0 saturated heterocycles. The Morgan fingerprint density at radius 2 is 1.79 bits per heavy atom. The SMILES string of the molecule is CC[N+](CC)=Nc1ccc(NN)cc1. The first-order valence-electron chi connectivity index (χ1n) is 4.83. The van der Waals surface area contributed by atoms with Crippen LogP contribution in [0, 0.1) is 0 Å². The molecule has 0 unspecified atom stereocenters. The van der Waals surface area contributed by atoms with Gasteiger partial charge in [0.2, 0.25) is 0 Å². The van der Waals surface area contributed by atoms with Crippen LogP contribution in [-0.4, -0.2) is 17.8 Å². The standard InChI is InChI=1S/C10H16N4/c1-3-14(4-2)13-10-7-5-9(12-11)6-8-10/h5-8H,3-4H2,1-2H3,(H2,11,13)/p+1. The minimum atomic E-state index is 0.892. The second kappa shape index (κ2) is 5.34. The van der Waals surface area contributed by atoms with Gasteiger partial charge < -0.3 is 5.43 Å². The molecule has 0 fully saturated rings. The van der Waals surface area contributed by atoms with Gasteiger partial charge in [-0.05, 0) is 43.2 Å². The van der Waals surface area contributed by atoms with Crippen molar-refractivity contribution in [3.8, 4) is 0 Å². The second-order valence-electron chi connectivity index (χ2n) is 2.93. The number of hydrogen-bond donors (Lipinski definition) is 2. The Bertz CT molecular complexity index is 296. The lowest BCUT2D eigenvalue weighted by atomic mass is 10.3. The zero-order valence-electron chi connectivity index (χ0n) is 8.70. The third-order valence-electron chi connectivity index (χ3n) is 2.02. The van der Waals surface area contributed by atoms with Crippen LogP contribution < -0.4 is 11.3 Å². The fourth-order valence-electron chi connectivity index (χ4n) is 1.15. The summed E-state index contributed by atoms with van der Waals surface area (Å²) in [4.78, 5) is 0. The highest BCUT2D eigenvalue weighted by Crippen LogP contribution is 2.15. The van der Waals surface area contributed by atoms with Gasteiger partial charge in [-0.1, -0.05) is 0 Å². The topological polar surface area (TPSA) is 53.4 Å². The molecule has 4 heteroatoms. The lowest BCUT2D eigenvalue weighted by molar-refractivity contribution is -0.583. The number of nitrogen functional groups attached to an aromatic ring is 1. The molecular weight excluding hydrogens is 176 g/mol. The summed E-state index contributed by atoms with van der Waals surface area (Å²) in [5.41, 5.74) is 4.42. The summed E-state index contributed by atoms with van der Waals surface area (Å²) in [5, 5.41) is 4.44. The van der Waals surface area contributed by atoms with Gasteiger partial charge in [-0.2, -0.15) is 0 Å². The zero-order chi connectivity index (χ0) is 10.4. The second-order valence-corrected chi connectivity index (χ2v) is 2.93. The Balaban J connectivity index is 2.81. The van der Waals surface area contributed by atoms with Crippen molar-refractivity contribution in [3.63, 3.8) is 0 Å². The summed E-state index contributed by atoms with van der Waals surface area (Å²) in [6.45, 7) is 6.02. The Morgan fingerprint density at radius 3 is 2.21 bits per heavy atom. The Kier molecular flexibility index (Phi) is 4.07. The molecule has 0 aliphatic heterocycles. The first kappa shape index (κ1) is 10.7. The summed E-state index contributed by atoms with van der Waals surface area (Å²) in [5.74, 6) is 5.26. The number of nitrogens with zero attached hydrogens (tertiary/aromatic N) is 2. The van der Waals surface area contributed by atoms with Crippen molar-refractivity contribution in [2.45, 2.75) is 13.8 Å². The fraction of sp³-hybridized carbons (Fsp3) is 0.400. The number of azo groups is 2. The number of anilines is 1. The largest absolute Gasteiger partial charge is 0.324 e. The summed E-state index contributed by atoms with van der Waals surface area (Å²) in [6.07, 6.45) is 0. The number of benzene rings is 1. The highest BCUT2D eigenvalue weighted by Gasteiger charge is 1.99. The quantitative estimate of drug-likeness (QED) is 0.333. The van der Waals surface area contributed by atoms with Gasteiger partial charge in [0.1, 0.15) is 5.69 Å². The molecule has 0 aromatic heterocycles. The molecule has 0 bridgehead atoms. The Labute approximate surface area is 84.4 Å². The minimum absolute atomic E-state index is 0.892.